The number of aliphatic hydroxyl groups is 1. The Labute approximate surface area is 107 Å². The second-order valence-electron chi connectivity index (χ2n) is 7.23. The van der Waals surface area contributed by atoms with Crippen molar-refractivity contribution in [1.82, 2.24) is 0 Å². The molecule has 0 aromatic rings. The van der Waals surface area contributed by atoms with Crippen LogP contribution in [0.4, 0.5) is 0 Å². The summed E-state index contributed by atoms with van der Waals surface area (Å²) in [5, 5.41) is 10.2. The minimum Gasteiger partial charge on any atom is -0.417 e. The van der Waals surface area contributed by atoms with Gasteiger partial charge in [0.05, 0.1) is 6.10 Å². The molecule has 1 aliphatic rings. The molecule has 17 heavy (non-hydrogen) atoms. The maximum absolute atomic E-state index is 9.99. The van der Waals surface area contributed by atoms with Crippen molar-refractivity contribution in [3.63, 3.8) is 0 Å². The molecule has 1 N–H and O–H groups in total. The average Bonchev–Trinajstić information content (AvgIpc) is 2.72. The Morgan fingerprint density at radius 3 is 2.18 bits per heavy atom. The maximum Gasteiger partial charge on any atom is 0.191 e. The molecule has 1 unspecified atom stereocenters. The van der Waals surface area contributed by atoms with Gasteiger partial charge in [0, 0.05) is 12.0 Å². The molecule has 0 saturated heterocycles. The number of aliphatic hydroxyl groups excluding tert-OH is 1. The molecule has 0 aliphatic heterocycles. The summed E-state index contributed by atoms with van der Waals surface area (Å²) in [6.07, 6.45) is 2.56. The molecule has 0 aromatic heterocycles. The quantitative estimate of drug-likeness (QED) is 0.600. The molecule has 3 heteroatoms. The van der Waals surface area contributed by atoms with Gasteiger partial charge in [-0.1, -0.05) is 40.7 Å². The third-order valence-corrected chi connectivity index (χ3v) is 8.73. The highest BCUT2D eigenvalue weighted by molar-refractivity contribution is 6.74. The molecular formula is C14H28O2Si. The first-order chi connectivity index (χ1) is 7.47. The smallest absolute Gasteiger partial charge is 0.191 e. The van der Waals surface area contributed by atoms with Crippen molar-refractivity contribution in [2.45, 2.75) is 65.3 Å². The van der Waals surface area contributed by atoms with E-state index in [1.165, 1.54) is 5.57 Å². The van der Waals surface area contributed by atoms with Crippen molar-refractivity contribution >= 4 is 8.32 Å². The predicted octanol–water partition coefficient (Wildman–Crippen LogP) is 3.73. The Morgan fingerprint density at radius 1 is 1.35 bits per heavy atom. The zero-order chi connectivity index (χ0) is 13.5. The molecule has 0 saturated carbocycles. The van der Waals surface area contributed by atoms with Crippen LogP contribution in [0.25, 0.3) is 0 Å². The molecular weight excluding hydrogens is 228 g/mol. The molecule has 0 heterocycles. The van der Waals surface area contributed by atoms with E-state index in [0.717, 1.165) is 6.42 Å². The summed E-state index contributed by atoms with van der Waals surface area (Å²) in [6.45, 7) is 16.2. The van der Waals surface area contributed by atoms with Crippen molar-refractivity contribution < 1.29 is 9.53 Å². The molecule has 0 fully saturated rings. The van der Waals surface area contributed by atoms with Gasteiger partial charge in [-0.25, -0.2) is 0 Å². The van der Waals surface area contributed by atoms with Crippen LogP contribution >= 0.6 is 0 Å². The lowest BCUT2D eigenvalue weighted by atomic mass is 10.0. The second-order valence-corrected chi connectivity index (χ2v) is 12.0. The maximum atomic E-state index is 9.99. The fraction of sp³-hybridized carbons (Fsp3) is 0.857. The van der Waals surface area contributed by atoms with Gasteiger partial charge in [-0.2, -0.15) is 0 Å². The summed E-state index contributed by atoms with van der Waals surface area (Å²) in [6, 6.07) is 0. The Kier molecular flexibility index (Phi) is 3.97. The Balaban J connectivity index is 2.32. The molecule has 1 aliphatic carbocycles. The van der Waals surface area contributed by atoms with Crippen LogP contribution < -0.4 is 0 Å². The molecule has 0 amide bonds. The largest absolute Gasteiger partial charge is 0.417 e. The molecule has 0 radical (unpaired) electrons. The van der Waals surface area contributed by atoms with Crippen molar-refractivity contribution in [2.24, 2.45) is 5.41 Å². The lowest BCUT2D eigenvalue weighted by molar-refractivity contribution is 0.160. The van der Waals surface area contributed by atoms with E-state index in [1.54, 1.807) is 0 Å². The van der Waals surface area contributed by atoms with E-state index in [1.807, 2.05) is 0 Å². The summed E-state index contributed by atoms with van der Waals surface area (Å²) >= 11 is 0. The minimum absolute atomic E-state index is 0.149. The van der Waals surface area contributed by atoms with Gasteiger partial charge < -0.3 is 9.53 Å². The summed E-state index contributed by atoms with van der Waals surface area (Å²) < 4.78 is 6.06. The summed E-state index contributed by atoms with van der Waals surface area (Å²) in [7, 11) is -1.65. The molecule has 2 nitrogen and oxygen atoms in total. The van der Waals surface area contributed by atoms with Crippen LogP contribution in [0, 0.1) is 5.41 Å². The zero-order valence-corrected chi connectivity index (χ0v) is 13.4. The zero-order valence-electron chi connectivity index (χ0n) is 12.4. The van der Waals surface area contributed by atoms with E-state index < -0.39 is 8.32 Å². The first-order valence-corrected chi connectivity index (χ1v) is 9.43. The Hall–Kier alpha value is -0.123. The van der Waals surface area contributed by atoms with Gasteiger partial charge in [0.2, 0.25) is 0 Å². The summed E-state index contributed by atoms with van der Waals surface area (Å²) in [4.78, 5) is 0. The van der Waals surface area contributed by atoms with Gasteiger partial charge in [0.15, 0.2) is 8.32 Å². The Morgan fingerprint density at radius 2 is 1.82 bits per heavy atom. The molecule has 0 bridgehead atoms. The number of hydrogen-bond acceptors (Lipinski definition) is 2. The first kappa shape index (κ1) is 14.9. The number of hydrogen-bond donors (Lipinski definition) is 1. The van der Waals surface area contributed by atoms with Crippen LogP contribution in [-0.2, 0) is 4.43 Å². The third kappa shape index (κ3) is 3.67. The highest BCUT2D eigenvalue weighted by atomic mass is 28.4. The number of allylic oxidation sites excluding steroid dienone is 1. The lowest BCUT2D eigenvalue weighted by Crippen LogP contribution is -2.41. The fourth-order valence-electron chi connectivity index (χ4n) is 1.68. The molecule has 0 spiro atoms. The standard InChI is InChI=1S/C14H28O2Si/c1-13(2,3)17(6,7)16-9-8-12(15)11-10-14(11,4)5/h10,12,15H,8-9H2,1-7H3. The van der Waals surface area contributed by atoms with Crippen molar-refractivity contribution in [3.8, 4) is 0 Å². The van der Waals surface area contributed by atoms with Gasteiger partial charge >= 0.3 is 0 Å². The molecule has 100 valence electrons. The van der Waals surface area contributed by atoms with Crippen molar-refractivity contribution in [3.05, 3.63) is 11.6 Å². The highest BCUT2D eigenvalue weighted by Gasteiger charge is 2.39. The van der Waals surface area contributed by atoms with E-state index >= 15 is 0 Å². The predicted molar refractivity (Wildman–Crippen MR) is 75.6 cm³/mol. The van der Waals surface area contributed by atoms with Gasteiger partial charge in [-0.15, -0.1) is 0 Å². The second kappa shape index (κ2) is 4.52. The third-order valence-electron chi connectivity index (χ3n) is 4.20. The monoisotopic (exact) mass is 256 g/mol. The number of rotatable bonds is 5. The van der Waals surface area contributed by atoms with Crippen LogP contribution in [0.2, 0.25) is 18.1 Å². The van der Waals surface area contributed by atoms with Gasteiger partial charge in [-0.3, -0.25) is 0 Å². The van der Waals surface area contributed by atoms with Gasteiger partial charge in [-0.05, 0) is 30.1 Å². The van der Waals surface area contributed by atoms with Gasteiger partial charge in [0.25, 0.3) is 0 Å². The fourth-order valence-corrected chi connectivity index (χ4v) is 2.74. The minimum atomic E-state index is -1.65. The Bertz CT molecular complexity index is 311. The summed E-state index contributed by atoms with van der Waals surface area (Å²) in [5.41, 5.74) is 1.33. The average molecular weight is 256 g/mol. The molecule has 0 aromatic carbocycles. The van der Waals surface area contributed by atoms with E-state index in [4.69, 9.17) is 4.43 Å². The van der Waals surface area contributed by atoms with Crippen LogP contribution in [0.5, 0.6) is 0 Å². The van der Waals surface area contributed by atoms with E-state index in [9.17, 15) is 5.11 Å². The normalized spacial score (nSPS) is 21.1. The van der Waals surface area contributed by atoms with Crippen LogP contribution in [0.3, 0.4) is 0 Å². The van der Waals surface area contributed by atoms with E-state index in [0.29, 0.717) is 6.61 Å². The van der Waals surface area contributed by atoms with Crippen molar-refractivity contribution in [2.75, 3.05) is 6.61 Å². The SMILES string of the molecule is CC1(C)C=C1C(O)CCO[Si](C)(C)C(C)(C)C. The van der Waals surface area contributed by atoms with Gasteiger partial charge in [0.1, 0.15) is 0 Å². The van der Waals surface area contributed by atoms with E-state index in [2.05, 4.69) is 53.8 Å². The highest BCUT2D eigenvalue weighted by Crippen LogP contribution is 2.45. The van der Waals surface area contributed by atoms with E-state index in [-0.39, 0.29) is 16.6 Å². The van der Waals surface area contributed by atoms with Crippen LogP contribution in [0.1, 0.15) is 41.0 Å². The van der Waals surface area contributed by atoms with Crippen LogP contribution in [-0.4, -0.2) is 26.1 Å². The molecule has 1 rings (SSSR count). The lowest BCUT2D eigenvalue weighted by Gasteiger charge is -2.36. The first-order valence-electron chi connectivity index (χ1n) is 6.53. The van der Waals surface area contributed by atoms with Crippen molar-refractivity contribution in [1.29, 1.82) is 0 Å². The molecule has 1 atom stereocenters. The summed E-state index contributed by atoms with van der Waals surface area (Å²) in [5.74, 6) is 0. The van der Waals surface area contributed by atoms with Crippen LogP contribution in [0.15, 0.2) is 11.6 Å². The topological polar surface area (TPSA) is 29.5 Å².